The topological polar surface area (TPSA) is 68.7 Å². The molecule has 0 aliphatic carbocycles. The molecule has 3 aromatic rings. The van der Waals surface area contributed by atoms with Gasteiger partial charge in [-0.2, -0.15) is 0 Å². The molecule has 0 radical (unpaired) electrons. The molecule has 1 fully saturated rings. The maximum Gasteiger partial charge on any atom is 0.348 e. The Morgan fingerprint density at radius 3 is 2.63 bits per heavy atom. The summed E-state index contributed by atoms with van der Waals surface area (Å²) in [6.45, 7) is 5.12. The van der Waals surface area contributed by atoms with Gasteiger partial charge in [0.1, 0.15) is 9.71 Å². The van der Waals surface area contributed by atoms with Crippen molar-refractivity contribution in [1.82, 2.24) is 4.98 Å². The van der Waals surface area contributed by atoms with Crippen molar-refractivity contribution >= 4 is 45.1 Å². The normalized spacial score (nSPS) is 14.4. The van der Waals surface area contributed by atoms with Crippen LogP contribution in [0.2, 0.25) is 0 Å². The lowest BCUT2D eigenvalue weighted by atomic mass is 10.1. The molecule has 1 aromatic carbocycles. The van der Waals surface area contributed by atoms with E-state index in [9.17, 15) is 9.59 Å². The Hall–Kier alpha value is -3.03. The molecule has 1 saturated heterocycles. The number of anilines is 1. The average molecular weight is 423 g/mol. The van der Waals surface area contributed by atoms with E-state index in [0.29, 0.717) is 15.3 Å². The van der Waals surface area contributed by atoms with Gasteiger partial charge in [-0.05, 0) is 42.3 Å². The smallest absolute Gasteiger partial charge is 0.348 e. The van der Waals surface area contributed by atoms with E-state index >= 15 is 0 Å². The highest BCUT2D eigenvalue weighted by Crippen LogP contribution is 2.30. The number of methoxy groups -OCH3 is 1. The van der Waals surface area contributed by atoms with Gasteiger partial charge in [-0.25, -0.2) is 9.78 Å². The first-order valence-corrected chi connectivity index (χ1v) is 10.5. The molecule has 154 valence electrons. The number of morpholine rings is 1. The first-order valence-electron chi connectivity index (χ1n) is 9.69. The fourth-order valence-electron chi connectivity index (χ4n) is 3.41. The number of thiophene rings is 1. The van der Waals surface area contributed by atoms with Crippen LogP contribution in [0.1, 0.15) is 31.2 Å². The number of carbonyl (C=O) groups is 2. The molecule has 0 saturated carbocycles. The minimum Gasteiger partial charge on any atom is -0.465 e. The number of nitrogens with zero attached hydrogens (tertiary/aromatic N) is 2. The summed E-state index contributed by atoms with van der Waals surface area (Å²) in [6.07, 6.45) is 4.90. The van der Waals surface area contributed by atoms with Crippen LogP contribution >= 0.6 is 11.3 Å². The third-order valence-electron chi connectivity index (χ3n) is 5.15. The van der Waals surface area contributed by atoms with Crippen LogP contribution in [-0.2, 0) is 9.47 Å². The minimum absolute atomic E-state index is 0.133. The molecular weight excluding hydrogens is 400 g/mol. The Morgan fingerprint density at radius 1 is 1.20 bits per heavy atom. The number of esters is 1. The SMILES string of the molecule is COC(=O)c1sc2ncc(C(=O)/C=C\c3ccc(N4CCOCC4)cc3)cc2c1C. The summed E-state index contributed by atoms with van der Waals surface area (Å²) in [6, 6.07) is 9.91. The Morgan fingerprint density at radius 2 is 1.93 bits per heavy atom. The summed E-state index contributed by atoms with van der Waals surface area (Å²) >= 11 is 1.27. The van der Waals surface area contributed by atoms with Crippen molar-refractivity contribution in [3.05, 3.63) is 64.2 Å². The molecule has 0 unspecified atom stereocenters. The summed E-state index contributed by atoms with van der Waals surface area (Å²) in [7, 11) is 1.35. The lowest BCUT2D eigenvalue weighted by molar-refractivity contribution is 0.0605. The lowest BCUT2D eigenvalue weighted by Crippen LogP contribution is -2.36. The highest BCUT2D eigenvalue weighted by atomic mass is 32.1. The van der Waals surface area contributed by atoms with Crippen LogP contribution in [0.25, 0.3) is 16.3 Å². The number of benzene rings is 1. The highest BCUT2D eigenvalue weighted by molar-refractivity contribution is 7.20. The number of hydrogen-bond donors (Lipinski definition) is 0. The zero-order valence-electron chi connectivity index (χ0n) is 16.9. The van der Waals surface area contributed by atoms with Gasteiger partial charge >= 0.3 is 5.97 Å². The van der Waals surface area contributed by atoms with Crippen LogP contribution in [-0.4, -0.2) is 50.1 Å². The van der Waals surface area contributed by atoms with E-state index in [1.165, 1.54) is 18.4 Å². The van der Waals surface area contributed by atoms with Gasteiger partial charge in [-0.15, -0.1) is 11.3 Å². The van der Waals surface area contributed by atoms with Crippen LogP contribution in [0.15, 0.2) is 42.6 Å². The molecular formula is C23H22N2O4S. The number of pyridine rings is 1. The molecule has 0 N–H and O–H groups in total. The van der Waals surface area contributed by atoms with Crippen LogP contribution in [0, 0.1) is 6.92 Å². The quantitative estimate of drug-likeness (QED) is 0.350. The number of aryl methyl sites for hydroxylation is 1. The summed E-state index contributed by atoms with van der Waals surface area (Å²) in [5.74, 6) is -0.518. The van der Waals surface area contributed by atoms with Crippen molar-refractivity contribution in [3.8, 4) is 0 Å². The van der Waals surface area contributed by atoms with E-state index in [0.717, 1.165) is 48.5 Å². The van der Waals surface area contributed by atoms with E-state index in [4.69, 9.17) is 9.47 Å². The number of allylic oxidation sites excluding steroid dienone is 1. The fraction of sp³-hybridized carbons (Fsp3) is 0.261. The zero-order valence-corrected chi connectivity index (χ0v) is 17.7. The summed E-state index contributed by atoms with van der Waals surface area (Å²) in [5.41, 5.74) is 3.38. The second-order valence-corrected chi connectivity index (χ2v) is 8.01. The van der Waals surface area contributed by atoms with Gasteiger partial charge in [0.15, 0.2) is 5.78 Å². The second-order valence-electron chi connectivity index (χ2n) is 7.01. The number of carbonyl (C=O) groups excluding carboxylic acids is 2. The molecule has 0 amide bonds. The Bertz CT molecular complexity index is 1110. The van der Waals surface area contributed by atoms with Crippen molar-refractivity contribution in [2.45, 2.75) is 6.92 Å². The Labute approximate surface area is 178 Å². The number of ether oxygens (including phenoxy) is 2. The number of fused-ring (bicyclic) bond motifs is 1. The summed E-state index contributed by atoms with van der Waals surface area (Å²) < 4.78 is 10.2. The van der Waals surface area contributed by atoms with E-state index < -0.39 is 0 Å². The third-order valence-corrected chi connectivity index (χ3v) is 6.34. The predicted molar refractivity (Wildman–Crippen MR) is 119 cm³/mol. The van der Waals surface area contributed by atoms with Crippen LogP contribution in [0.3, 0.4) is 0 Å². The maximum atomic E-state index is 12.6. The third kappa shape index (κ3) is 4.13. The molecule has 0 spiro atoms. The summed E-state index contributed by atoms with van der Waals surface area (Å²) in [5, 5.41) is 0.800. The average Bonchev–Trinajstić information content (AvgIpc) is 3.13. The van der Waals surface area contributed by atoms with Crippen molar-refractivity contribution < 1.29 is 19.1 Å². The predicted octanol–water partition coefficient (Wildman–Crippen LogP) is 4.12. The van der Waals surface area contributed by atoms with Crippen LogP contribution in [0.5, 0.6) is 0 Å². The molecule has 1 aliphatic heterocycles. The molecule has 3 heterocycles. The van der Waals surface area contributed by atoms with E-state index in [2.05, 4.69) is 22.0 Å². The fourth-order valence-corrected chi connectivity index (χ4v) is 4.46. The molecule has 6 nitrogen and oxygen atoms in total. The molecule has 7 heteroatoms. The van der Waals surface area contributed by atoms with Gasteiger partial charge in [0.2, 0.25) is 0 Å². The van der Waals surface area contributed by atoms with Gasteiger partial charge in [-0.1, -0.05) is 18.2 Å². The first kappa shape index (κ1) is 20.3. The molecule has 2 aromatic heterocycles. The van der Waals surface area contributed by atoms with E-state index in [1.54, 1.807) is 24.4 Å². The van der Waals surface area contributed by atoms with Gasteiger partial charge in [0.25, 0.3) is 0 Å². The Kier molecular flexibility index (Phi) is 5.92. The second kappa shape index (κ2) is 8.77. The van der Waals surface area contributed by atoms with Crippen LogP contribution < -0.4 is 4.90 Å². The standard InChI is InChI=1S/C23H22N2O4S/c1-15-19-13-17(14-24-22(19)30-21(15)23(27)28-2)20(26)8-5-16-3-6-18(7-4-16)25-9-11-29-12-10-25/h3-8,13-14H,9-12H2,1-2H3/b8-5-. The minimum atomic E-state index is -0.385. The number of ketones is 1. The highest BCUT2D eigenvalue weighted by Gasteiger charge is 2.18. The van der Waals surface area contributed by atoms with Gasteiger partial charge < -0.3 is 14.4 Å². The monoisotopic (exact) mass is 422 g/mol. The van der Waals surface area contributed by atoms with Crippen molar-refractivity contribution in [2.75, 3.05) is 38.3 Å². The van der Waals surface area contributed by atoms with E-state index in [1.807, 2.05) is 19.1 Å². The summed E-state index contributed by atoms with van der Waals surface area (Å²) in [4.78, 5) is 32.4. The van der Waals surface area contributed by atoms with Gasteiger partial charge in [0, 0.05) is 35.9 Å². The lowest BCUT2D eigenvalue weighted by Gasteiger charge is -2.28. The van der Waals surface area contributed by atoms with Gasteiger partial charge in [0.05, 0.1) is 20.3 Å². The number of aromatic nitrogens is 1. The maximum absolute atomic E-state index is 12.6. The van der Waals surface area contributed by atoms with E-state index in [-0.39, 0.29) is 11.8 Å². The van der Waals surface area contributed by atoms with Crippen molar-refractivity contribution in [1.29, 1.82) is 0 Å². The zero-order chi connectivity index (χ0) is 21.1. The van der Waals surface area contributed by atoms with Crippen molar-refractivity contribution in [2.24, 2.45) is 0 Å². The molecule has 0 bridgehead atoms. The molecule has 30 heavy (non-hydrogen) atoms. The van der Waals surface area contributed by atoms with Gasteiger partial charge in [-0.3, -0.25) is 4.79 Å². The largest absolute Gasteiger partial charge is 0.465 e. The molecule has 1 aliphatic rings. The van der Waals surface area contributed by atoms with Crippen LogP contribution in [0.4, 0.5) is 5.69 Å². The first-order chi connectivity index (χ1) is 14.6. The molecule has 4 rings (SSSR count). The van der Waals surface area contributed by atoms with Crippen molar-refractivity contribution in [3.63, 3.8) is 0 Å². The number of rotatable bonds is 5. The number of hydrogen-bond acceptors (Lipinski definition) is 7. The Balaban J connectivity index is 1.50. The molecule has 0 atom stereocenters.